The van der Waals surface area contributed by atoms with Crippen molar-refractivity contribution in [3.8, 4) is 5.69 Å². The first-order valence-electron chi connectivity index (χ1n) is 8.55. The number of aliphatic carboxylic acids is 1. The normalized spacial score (nSPS) is 16.1. The van der Waals surface area contributed by atoms with Crippen molar-refractivity contribution in [2.45, 2.75) is 19.0 Å². The summed E-state index contributed by atoms with van der Waals surface area (Å²) in [5.41, 5.74) is -0.678. The minimum absolute atomic E-state index is 0.0363. The van der Waals surface area contributed by atoms with E-state index in [0.29, 0.717) is 25.9 Å². The first-order valence-corrected chi connectivity index (χ1v) is 8.55. The van der Waals surface area contributed by atoms with Crippen LogP contribution in [0.1, 0.15) is 18.4 Å². The van der Waals surface area contributed by atoms with Gasteiger partial charge in [-0.15, -0.1) is 0 Å². The molecule has 1 aliphatic heterocycles. The second-order valence-corrected chi connectivity index (χ2v) is 6.51. The first-order chi connectivity index (χ1) is 13.2. The van der Waals surface area contributed by atoms with Gasteiger partial charge in [0.05, 0.1) is 29.4 Å². The van der Waals surface area contributed by atoms with Gasteiger partial charge in [-0.2, -0.15) is 18.3 Å². The number of likely N-dealkylation sites (tertiary alicyclic amines) is 1. The molecular weight excluding hydrogens is 379 g/mol. The van der Waals surface area contributed by atoms with E-state index in [1.165, 1.54) is 23.4 Å². The van der Waals surface area contributed by atoms with Gasteiger partial charge >= 0.3 is 12.1 Å². The molecule has 0 atom stereocenters. The largest absolute Gasteiger partial charge is 0.481 e. The second kappa shape index (κ2) is 7.97. The highest BCUT2D eigenvalue weighted by Crippen LogP contribution is 2.33. The smallest absolute Gasteiger partial charge is 0.416 e. The van der Waals surface area contributed by atoms with Crippen LogP contribution >= 0.6 is 0 Å². The maximum Gasteiger partial charge on any atom is 0.416 e. The zero-order chi connectivity index (χ0) is 20.3. The molecule has 1 saturated heterocycles. The van der Waals surface area contributed by atoms with Crippen molar-refractivity contribution in [1.29, 1.82) is 0 Å². The fourth-order valence-corrected chi connectivity index (χ4v) is 3.08. The SMILES string of the molecule is O=C(CN1CCC(C(=O)O)CC1)Nc1cc(C(F)(F)F)ccc1-n1cncn1. The Morgan fingerprint density at radius 1 is 1.25 bits per heavy atom. The second-order valence-electron chi connectivity index (χ2n) is 6.51. The average Bonchev–Trinajstić information content (AvgIpc) is 3.15. The zero-order valence-electron chi connectivity index (χ0n) is 14.7. The Bertz CT molecular complexity index is 846. The van der Waals surface area contributed by atoms with Crippen molar-refractivity contribution in [3.63, 3.8) is 0 Å². The summed E-state index contributed by atoms with van der Waals surface area (Å²) in [4.78, 5) is 28.9. The lowest BCUT2D eigenvalue weighted by Gasteiger charge is -2.29. The van der Waals surface area contributed by atoms with Gasteiger partial charge in [0.2, 0.25) is 5.91 Å². The molecule has 1 amide bonds. The highest BCUT2D eigenvalue weighted by molar-refractivity contribution is 5.94. The van der Waals surface area contributed by atoms with Crippen LogP contribution in [-0.4, -0.2) is 56.3 Å². The average molecular weight is 397 g/mol. The van der Waals surface area contributed by atoms with Gasteiger partial charge in [-0.1, -0.05) is 0 Å². The van der Waals surface area contributed by atoms with Crippen LogP contribution in [0.4, 0.5) is 18.9 Å². The van der Waals surface area contributed by atoms with E-state index in [0.717, 1.165) is 12.1 Å². The molecule has 3 rings (SSSR count). The predicted molar refractivity (Wildman–Crippen MR) is 91.8 cm³/mol. The number of hydrogen-bond acceptors (Lipinski definition) is 5. The molecule has 0 bridgehead atoms. The molecule has 28 heavy (non-hydrogen) atoms. The number of carboxylic acids is 1. The topological polar surface area (TPSA) is 100 Å². The number of benzene rings is 1. The highest BCUT2D eigenvalue weighted by Gasteiger charge is 2.31. The van der Waals surface area contributed by atoms with Crippen molar-refractivity contribution in [3.05, 3.63) is 36.4 Å². The monoisotopic (exact) mass is 397 g/mol. The van der Waals surface area contributed by atoms with Gasteiger partial charge in [-0.25, -0.2) is 9.67 Å². The first kappa shape index (κ1) is 19.8. The van der Waals surface area contributed by atoms with Crippen LogP contribution in [0.3, 0.4) is 0 Å². The quantitative estimate of drug-likeness (QED) is 0.801. The number of halogens is 3. The Labute approximate surface area is 158 Å². The fraction of sp³-hybridized carbons (Fsp3) is 0.412. The van der Waals surface area contributed by atoms with Crippen molar-refractivity contribution < 1.29 is 27.9 Å². The third kappa shape index (κ3) is 4.66. The summed E-state index contributed by atoms with van der Waals surface area (Å²) >= 11 is 0. The van der Waals surface area contributed by atoms with Crippen LogP contribution in [0.2, 0.25) is 0 Å². The molecule has 0 aliphatic carbocycles. The maximum atomic E-state index is 13.1. The van der Waals surface area contributed by atoms with E-state index in [9.17, 15) is 22.8 Å². The Balaban J connectivity index is 1.73. The number of alkyl halides is 3. The molecule has 2 N–H and O–H groups in total. The summed E-state index contributed by atoms with van der Waals surface area (Å²) in [6.45, 7) is 0.825. The molecule has 1 fully saturated rings. The summed E-state index contributed by atoms with van der Waals surface area (Å²) in [6.07, 6.45) is -1.16. The van der Waals surface area contributed by atoms with Crippen LogP contribution in [-0.2, 0) is 15.8 Å². The van der Waals surface area contributed by atoms with E-state index in [1.54, 1.807) is 4.90 Å². The number of nitrogens with one attached hydrogen (secondary N) is 1. The third-order valence-electron chi connectivity index (χ3n) is 4.57. The van der Waals surface area contributed by atoms with Gasteiger partial charge in [0.1, 0.15) is 12.7 Å². The van der Waals surface area contributed by atoms with Gasteiger partial charge in [0.25, 0.3) is 0 Å². The molecular formula is C17H18F3N5O3. The summed E-state index contributed by atoms with van der Waals surface area (Å²) in [5, 5.41) is 15.4. The summed E-state index contributed by atoms with van der Waals surface area (Å²) < 4.78 is 40.4. The molecule has 1 aromatic carbocycles. The predicted octanol–water partition coefficient (Wildman–Crippen LogP) is 2.02. The van der Waals surface area contributed by atoms with Crippen molar-refractivity contribution in [2.75, 3.05) is 25.0 Å². The van der Waals surface area contributed by atoms with E-state index >= 15 is 0 Å². The number of carbonyl (C=O) groups is 2. The fourth-order valence-electron chi connectivity index (χ4n) is 3.08. The Kier molecular flexibility index (Phi) is 5.63. The van der Waals surface area contributed by atoms with Gasteiger partial charge in [0.15, 0.2) is 0 Å². The Hall–Kier alpha value is -2.95. The number of anilines is 1. The van der Waals surface area contributed by atoms with E-state index in [-0.39, 0.29) is 17.9 Å². The molecule has 11 heteroatoms. The van der Waals surface area contributed by atoms with E-state index in [1.807, 2.05) is 0 Å². The number of piperidine rings is 1. The minimum Gasteiger partial charge on any atom is -0.481 e. The highest BCUT2D eigenvalue weighted by atomic mass is 19.4. The van der Waals surface area contributed by atoms with Crippen LogP contribution in [0, 0.1) is 5.92 Å². The molecule has 0 radical (unpaired) electrons. The van der Waals surface area contributed by atoms with Crippen LogP contribution in [0.5, 0.6) is 0 Å². The molecule has 0 unspecified atom stereocenters. The summed E-state index contributed by atoms with van der Waals surface area (Å²) in [5.74, 6) is -1.78. The molecule has 0 saturated carbocycles. The molecule has 0 spiro atoms. The lowest BCUT2D eigenvalue weighted by molar-refractivity contribution is -0.143. The number of amides is 1. The van der Waals surface area contributed by atoms with Crippen molar-refractivity contribution in [2.24, 2.45) is 5.92 Å². The third-order valence-corrected chi connectivity index (χ3v) is 4.57. The number of rotatable bonds is 5. The minimum atomic E-state index is -4.56. The summed E-state index contributed by atoms with van der Waals surface area (Å²) in [6, 6.07) is 2.97. The van der Waals surface area contributed by atoms with Gasteiger partial charge in [0, 0.05) is 0 Å². The number of carbonyl (C=O) groups excluding carboxylic acids is 1. The molecule has 150 valence electrons. The number of nitrogens with zero attached hydrogens (tertiary/aromatic N) is 4. The Morgan fingerprint density at radius 2 is 1.96 bits per heavy atom. The van der Waals surface area contributed by atoms with Crippen molar-refractivity contribution >= 4 is 17.6 Å². The molecule has 1 aliphatic rings. The van der Waals surface area contributed by atoms with Gasteiger partial charge < -0.3 is 10.4 Å². The van der Waals surface area contributed by atoms with Crippen LogP contribution in [0.25, 0.3) is 5.69 Å². The number of carboxylic acid groups (broad SMARTS) is 1. The molecule has 2 aromatic rings. The van der Waals surface area contributed by atoms with E-state index in [4.69, 9.17) is 5.11 Å². The van der Waals surface area contributed by atoms with E-state index in [2.05, 4.69) is 15.4 Å². The maximum absolute atomic E-state index is 13.1. The van der Waals surface area contributed by atoms with Crippen LogP contribution < -0.4 is 5.32 Å². The van der Waals surface area contributed by atoms with Gasteiger partial charge in [-0.05, 0) is 44.1 Å². The molecule has 2 heterocycles. The van der Waals surface area contributed by atoms with Crippen molar-refractivity contribution in [1.82, 2.24) is 19.7 Å². The number of aromatic nitrogens is 3. The Morgan fingerprint density at radius 3 is 2.54 bits per heavy atom. The van der Waals surface area contributed by atoms with Crippen LogP contribution in [0.15, 0.2) is 30.9 Å². The van der Waals surface area contributed by atoms with E-state index < -0.39 is 29.5 Å². The lowest BCUT2D eigenvalue weighted by Crippen LogP contribution is -2.40. The zero-order valence-corrected chi connectivity index (χ0v) is 14.7. The lowest BCUT2D eigenvalue weighted by atomic mass is 9.97. The number of hydrogen-bond donors (Lipinski definition) is 2. The van der Waals surface area contributed by atoms with Gasteiger partial charge in [-0.3, -0.25) is 14.5 Å². The summed E-state index contributed by atoms with van der Waals surface area (Å²) in [7, 11) is 0. The standard InChI is InChI=1S/C17H18F3N5O3/c18-17(19,20)12-1-2-14(25-10-21-9-22-25)13(7-12)23-15(26)8-24-5-3-11(4-6-24)16(27)28/h1-2,7,9-11H,3-6,8H2,(H,23,26)(H,27,28). The molecule has 1 aromatic heterocycles. The molecule has 8 nitrogen and oxygen atoms in total.